The monoisotopic (exact) mass is 389 g/mol. The highest BCUT2D eigenvalue weighted by molar-refractivity contribution is 7.92. The molecule has 0 unspecified atom stereocenters. The Morgan fingerprint density at radius 2 is 1.85 bits per heavy atom. The second kappa shape index (κ2) is 7.18. The molecule has 10 heteroatoms. The zero-order valence-corrected chi connectivity index (χ0v) is 15.6. The Morgan fingerprint density at radius 1 is 1.12 bits per heavy atom. The third-order valence-corrected chi connectivity index (χ3v) is 5.71. The Morgan fingerprint density at radius 3 is 2.54 bits per heavy atom. The van der Waals surface area contributed by atoms with Crippen LogP contribution < -0.4 is 10.0 Å². The molecule has 0 fully saturated rings. The Kier molecular flexibility index (Phi) is 4.96. The van der Waals surface area contributed by atoms with Crippen molar-refractivity contribution in [1.29, 1.82) is 0 Å². The first kappa shape index (κ1) is 18.0. The molecule has 2 N–H and O–H groups in total. The molecule has 0 saturated carbocycles. The molecule has 0 bridgehead atoms. The van der Waals surface area contributed by atoms with Gasteiger partial charge in [0.1, 0.15) is 5.69 Å². The van der Waals surface area contributed by atoms with E-state index >= 15 is 0 Å². The van der Waals surface area contributed by atoms with E-state index in [9.17, 15) is 13.2 Å². The van der Waals surface area contributed by atoms with Crippen molar-refractivity contribution in [2.45, 2.75) is 18.7 Å². The minimum Gasteiger partial charge on any atom is -0.302 e. The summed E-state index contributed by atoms with van der Waals surface area (Å²) in [6.45, 7) is 3.18. The fourth-order valence-corrected chi connectivity index (χ4v) is 4.13. The van der Waals surface area contributed by atoms with Gasteiger partial charge in [0.2, 0.25) is 5.91 Å². The summed E-state index contributed by atoms with van der Waals surface area (Å²) in [5.41, 5.74) is 1.13. The van der Waals surface area contributed by atoms with Gasteiger partial charge in [0.05, 0.1) is 27.9 Å². The number of carbonyl (C=O) groups excluding carboxylic acids is 1. The lowest BCUT2D eigenvalue weighted by Gasteiger charge is -2.07. The quantitative estimate of drug-likeness (QED) is 0.693. The van der Waals surface area contributed by atoms with E-state index in [0.717, 1.165) is 0 Å². The molecule has 1 aromatic carbocycles. The van der Waals surface area contributed by atoms with Gasteiger partial charge >= 0.3 is 0 Å². The predicted octanol–water partition coefficient (Wildman–Crippen LogP) is 2.67. The van der Waals surface area contributed by atoms with Gasteiger partial charge in [0, 0.05) is 6.92 Å². The summed E-state index contributed by atoms with van der Waals surface area (Å²) in [6.07, 6.45) is 2.84. The number of amides is 1. The molecule has 2 heterocycles. The number of hydrogen-bond donors (Lipinski definition) is 2. The normalized spacial score (nSPS) is 11.2. The fraction of sp³-hybridized carbons (Fsp3) is 0.125. The highest BCUT2D eigenvalue weighted by atomic mass is 32.2. The lowest BCUT2D eigenvalue weighted by molar-refractivity contribution is -0.114. The number of aromatic nitrogens is 3. The minimum atomic E-state index is -3.75. The van der Waals surface area contributed by atoms with Crippen LogP contribution >= 0.6 is 11.3 Å². The molecular weight excluding hydrogens is 374 g/mol. The lowest BCUT2D eigenvalue weighted by atomic mass is 10.3. The topological polar surface area (TPSA) is 114 Å². The van der Waals surface area contributed by atoms with Gasteiger partial charge in [0.15, 0.2) is 10.9 Å². The van der Waals surface area contributed by atoms with E-state index in [1.807, 2.05) is 0 Å². The third-order valence-electron chi connectivity index (χ3n) is 3.24. The Bertz CT molecular complexity index is 1050. The van der Waals surface area contributed by atoms with Gasteiger partial charge < -0.3 is 5.32 Å². The smallest absolute Gasteiger partial charge is 0.263 e. The number of aryl methyl sites for hydroxylation is 1. The molecule has 26 heavy (non-hydrogen) atoms. The summed E-state index contributed by atoms with van der Waals surface area (Å²) in [5, 5.41) is 3.07. The Hall–Kier alpha value is -2.85. The van der Waals surface area contributed by atoms with Crippen LogP contribution in [0.15, 0.2) is 47.6 Å². The van der Waals surface area contributed by atoms with Gasteiger partial charge in [-0.1, -0.05) is 29.5 Å². The minimum absolute atomic E-state index is 0.0974. The van der Waals surface area contributed by atoms with Crippen molar-refractivity contribution in [3.8, 4) is 10.6 Å². The number of carbonyl (C=O) groups is 1. The van der Waals surface area contributed by atoms with Gasteiger partial charge in [0.25, 0.3) is 10.0 Å². The number of nitrogens with zero attached hydrogens (tertiary/aromatic N) is 3. The van der Waals surface area contributed by atoms with Crippen molar-refractivity contribution in [3.05, 3.63) is 48.4 Å². The van der Waals surface area contributed by atoms with Crippen molar-refractivity contribution >= 4 is 38.2 Å². The summed E-state index contributed by atoms with van der Waals surface area (Å²) in [5.74, 6) is -0.124. The zero-order valence-electron chi connectivity index (χ0n) is 13.9. The largest absolute Gasteiger partial charge is 0.302 e. The second-order valence-electron chi connectivity index (χ2n) is 5.32. The van der Waals surface area contributed by atoms with Crippen LogP contribution in [-0.2, 0) is 14.8 Å². The van der Waals surface area contributed by atoms with Crippen LogP contribution in [0.5, 0.6) is 0 Å². The van der Waals surface area contributed by atoms with Crippen LogP contribution in [-0.4, -0.2) is 29.3 Å². The van der Waals surface area contributed by atoms with Crippen molar-refractivity contribution in [3.63, 3.8) is 0 Å². The maximum Gasteiger partial charge on any atom is 0.263 e. The van der Waals surface area contributed by atoms with Crippen LogP contribution in [0.4, 0.5) is 10.9 Å². The van der Waals surface area contributed by atoms with Crippen molar-refractivity contribution in [1.82, 2.24) is 15.0 Å². The number of sulfonamides is 1. The van der Waals surface area contributed by atoms with Crippen LogP contribution in [0, 0.1) is 6.92 Å². The fourth-order valence-electron chi connectivity index (χ4n) is 2.16. The first-order valence-electron chi connectivity index (χ1n) is 7.50. The van der Waals surface area contributed by atoms with E-state index in [1.54, 1.807) is 25.1 Å². The molecule has 2 aromatic heterocycles. The van der Waals surface area contributed by atoms with E-state index in [4.69, 9.17) is 0 Å². The number of hydrogen-bond acceptors (Lipinski definition) is 7. The highest BCUT2D eigenvalue weighted by Gasteiger charge is 2.17. The molecule has 8 nitrogen and oxygen atoms in total. The SMILES string of the molecule is CC(=O)Nc1nc(C)c(-c2cncc(NS(=O)(=O)c3ccccc3)n2)s1. The average Bonchev–Trinajstić information content (AvgIpc) is 2.95. The van der Waals surface area contributed by atoms with Crippen molar-refractivity contribution in [2.75, 3.05) is 10.0 Å². The molecule has 0 saturated heterocycles. The molecule has 3 aromatic rings. The van der Waals surface area contributed by atoms with E-state index in [2.05, 4.69) is 25.0 Å². The predicted molar refractivity (Wildman–Crippen MR) is 99.4 cm³/mol. The van der Waals surface area contributed by atoms with E-state index in [0.29, 0.717) is 21.4 Å². The van der Waals surface area contributed by atoms with Gasteiger partial charge in [-0.05, 0) is 19.1 Å². The van der Waals surface area contributed by atoms with Gasteiger partial charge in [-0.2, -0.15) is 0 Å². The molecular formula is C16H15N5O3S2. The summed E-state index contributed by atoms with van der Waals surface area (Å²) in [6, 6.07) is 8.00. The maximum absolute atomic E-state index is 12.4. The number of nitrogens with one attached hydrogen (secondary N) is 2. The van der Waals surface area contributed by atoms with E-state index in [1.165, 1.54) is 42.8 Å². The standard InChI is InChI=1S/C16H15N5O3S2/c1-10-15(25-16(18-10)19-11(2)22)13-8-17-9-14(20-13)21-26(23,24)12-6-4-3-5-7-12/h3-9H,1-2H3,(H,20,21)(H,18,19,22). The number of rotatable bonds is 5. The van der Waals surface area contributed by atoms with Crippen LogP contribution in [0.25, 0.3) is 10.6 Å². The first-order chi connectivity index (χ1) is 12.3. The van der Waals surface area contributed by atoms with E-state index < -0.39 is 10.0 Å². The molecule has 0 spiro atoms. The summed E-state index contributed by atoms with van der Waals surface area (Å²) >= 11 is 1.24. The lowest BCUT2D eigenvalue weighted by Crippen LogP contribution is -2.14. The van der Waals surface area contributed by atoms with Gasteiger partial charge in [-0.15, -0.1) is 0 Å². The van der Waals surface area contributed by atoms with Crippen LogP contribution in [0.2, 0.25) is 0 Å². The molecule has 0 atom stereocenters. The van der Waals surface area contributed by atoms with Crippen LogP contribution in [0.1, 0.15) is 12.6 Å². The average molecular weight is 389 g/mol. The maximum atomic E-state index is 12.4. The first-order valence-corrected chi connectivity index (χ1v) is 9.80. The molecule has 0 aliphatic carbocycles. The molecule has 134 valence electrons. The highest BCUT2D eigenvalue weighted by Crippen LogP contribution is 2.31. The third kappa shape index (κ3) is 4.03. The summed E-state index contributed by atoms with van der Waals surface area (Å²) in [4.78, 5) is 24.6. The number of benzene rings is 1. The molecule has 0 radical (unpaired) electrons. The molecule has 0 aliphatic heterocycles. The summed E-state index contributed by atoms with van der Waals surface area (Å²) < 4.78 is 27.2. The molecule has 1 amide bonds. The Labute approximate surface area is 154 Å². The number of anilines is 2. The van der Waals surface area contributed by atoms with Crippen molar-refractivity contribution in [2.24, 2.45) is 0 Å². The second-order valence-corrected chi connectivity index (χ2v) is 8.00. The van der Waals surface area contributed by atoms with Gasteiger partial charge in [-0.3, -0.25) is 14.5 Å². The van der Waals surface area contributed by atoms with Gasteiger partial charge in [-0.25, -0.2) is 18.4 Å². The van der Waals surface area contributed by atoms with Crippen molar-refractivity contribution < 1.29 is 13.2 Å². The van der Waals surface area contributed by atoms with E-state index in [-0.39, 0.29) is 16.6 Å². The Balaban J connectivity index is 1.90. The summed E-state index contributed by atoms with van der Waals surface area (Å²) in [7, 11) is -3.75. The van der Waals surface area contributed by atoms with Crippen LogP contribution in [0.3, 0.4) is 0 Å². The molecule has 3 rings (SSSR count). The number of thiazole rings is 1. The zero-order chi connectivity index (χ0) is 18.7. The molecule has 0 aliphatic rings.